The number of hydrogen-bond donors (Lipinski definition) is 2. The maximum absolute atomic E-state index is 11.5. The summed E-state index contributed by atoms with van der Waals surface area (Å²) in [5.41, 5.74) is 0.719. The molecule has 0 aliphatic rings. The highest BCUT2D eigenvalue weighted by Crippen LogP contribution is 2.19. The molecule has 0 atom stereocenters. The number of para-hydroxylation sites is 1. The van der Waals surface area contributed by atoms with Crippen LogP contribution in [0.5, 0.6) is 5.75 Å². The van der Waals surface area contributed by atoms with E-state index >= 15 is 0 Å². The highest BCUT2D eigenvalue weighted by Gasteiger charge is 2.08. The second kappa shape index (κ2) is 9.17. The molecule has 7 heteroatoms. The van der Waals surface area contributed by atoms with Crippen LogP contribution >= 0.6 is 0 Å². The van der Waals surface area contributed by atoms with Crippen LogP contribution < -0.4 is 15.4 Å². The van der Waals surface area contributed by atoms with Gasteiger partial charge >= 0.3 is 12.0 Å². The van der Waals surface area contributed by atoms with Crippen LogP contribution in [0.4, 0.5) is 4.79 Å². The Bertz CT molecular complexity index is 569. The minimum Gasteiger partial charge on any atom is -0.493 e. The Morgan fingerprint density at radius 1 is 1.23 bits per heavy atom. The molecule has 22 heavy (non-hydrogen) atoms. The first-order valence-corrected chi connectivity index (χ1v) is 6.65. The third-order valence-corrected chi connectivity index (χ3v) is 2.44. The van der Waals surface area contributed by atoms with Gasteiger partial charge < -0.3 is 14.8 Å². The maximum atomic E-state index is 11.5. The SMILES string of the molecule is CCOc1ccccc1/C=C/C(=O)OCC(=O)NC(=O)NC. The van der Waals surface area contributed by atoms with Crippen LogP contribution in [-0.4, -0.2) is 38.2 Å². The third-order valence-electron chi connectivity index (χ3n) is 2.44. The largest absolute Gasteiger partial charge is 0.493 e. The summed E-state index contributed by atoms with van der Waals surface area (Å²) in [4.78, 5) is 33.6. The highest BCUT2D eigenvalue weighted by atomic mass is 16.5. The number of ether oxygens (including phenoxy) is 2. The Morgan fingerprint density at radius 2 is 1.95 bits per heavy atom. The van der Waals surface area contributed by atoms with Crippen LogP contribution in [0.3, 0.4) is 0 Å². The normalized spacial score (nSPS) is 10.1. The number of carbonyl (C=O) groups is 3. The van der Waals surface area contributed by atoms with Crippen LogP contribution in [0.2, 0.25) is 0 Å². The molecule has 1 aromatic rings. The number of esters is 1. The van der Waals surface area contributed by atoms with Gasteiger partial charge in [0.2, 0.25) is 0 Å². The lowest BCUT2D eigenvalue weighted by Gasteiger charge is -2.06. The summed E-state index contributed by atoms with van der Waals surface area (Å²) in [7, 11) is 1.37. The molecular formula is C15H18N2O5. The summed E-state index contributed by atoms with van der Waals surface area (Å²) in [6, 6.07) is 6.54. The zero-order chi connectivity index (χ0) is 16.4. The fourth-order valence-corrected chi connectivity index (χ4v) is 1.47. The minimum atomic E-state index is -0.712. The number of rotatable bonds is 6. The molecule has 0 unspecified atom stereocenters. The van der Waals surface area contributed by atoms with Crippen molar-refractivity contribution in [2.24, 2.45) is 0 Å². The summed E-state index contributed by atoms with van der Waals surface area (Å²) in [5.74, 6) is -0.763. The second-order valence-corrected chi connectivity index (χ2v) is 4.04. The number of nitrogens with one attached hydrogen (secondary N) is 2. The van der Waals surface area contributed by atoms with Crippen molar-refractivity contribution < 1.29 is 23.9 Å². The molecule has 0 spiro atoms. The van der Waals surface area contributed by atoms with Gasteiger partial charge in [0, 0.05) is 18.7 Å². The van der Waals surface area contributed by atoms with Gasteiger partial charge in [-0.1, -0.05) is 18.2 Å². The summed E-state index contributed by atoms with van der Waals surface area (Å²) >= 11 is 0. The molecule has 0 saturated carbocycles. The quantitative estimate of drug-likeness (QED) is 0.606. The zero-order valence-corrected chi connectivity index (χ0v) is 12.4. The van der Waals surface area contributed by atoms with Gasteiger partial charge in [-0.05, 0) is 19.1 Å². The van der Waals surface area contributed by atoms with E-state index in [4.69, 9.17) is 9.47 Å². The van der Waals surface area contributed by atoms with E-state index in [2.05, 4.69) is 5.32 Å². The van der Waals surface area contributed by atoms with E-state index in [-0.39, 0.29) is 0 Å². The van der Waals surface area contributed by atoms with Crippen LogP contribution in [0.15, 0.2) is 30.3 Å². The van der Waals surface area contributed by atoms with Gasteiger partial charge in [0.05, 0.1) is 6.61 Å². The summed E-state index contributed by atoms with van der Waals surface area (Å²) in [5, 5.41) is 4.18. The van der Waals surface area contributed by atoms with Crippen molar-refractivity contribution in [3.63, 3.8) is 0 Å². The number of urea groups is 1. The number of hydrogen-bond acceptors (Lipinski definition) is 5. The van der Waals surface area contributed by atoms with E-state index in [1.54, 1.807) is 12.1 Å². The van der Waals surface area contributed by atoms with Crippen LogP contribution in [-0.2, 0) is 14.3 Å². The van der Waals surface area contributed by atoms with Crippen molar-refractivity contribution in [1.82, 2.24) is 10.6 Å². The fourth-order valence-electron chi connectivity index (χ4n) is 1.47. The van der Waals surface area contributed by atoms with Crippen molar-refractivity contribution in [2.45, 2.75) is 6.92 Å². The van der Waals surface area contributed by atoms with Gasteiger partial charge in [-0.2, -0.15) is 0 Å². The summed E-state index contributed by atoms with van der Waals surface area (Å²) in [6.07, 6.45) is 2.72. The molecule has 0 aliphatic heterocycles. The Balaban J connectivity index is 2.51. The molecule has 118 valence electrons. The zero-order valence-electron chi connectivity index (χ0n) is 12.4. The summed E-state index contributed by atoms with van der Waals surface area (Å²) in [6.45, 7) is 1.83. The monoisotopic (exact) mass is 306 g/mol. The number of carbonyl (C=O) groups excluding carboxylic acids is 3. The third kappa shape index (κ3) is 6.08. The Kier molecular flexibility index (Phi) is 7.18. The predicted octanol–water partition coefficient (Wildman–Crippen LogP) is 1.10. The smallest absolute Gasteiger partial charge is 0.331 e. The fraction of sp³-hybridized carbons (Fsp3) is 0.267. The first kappa shape index (κ1) is 17.2. The maximum Gasteiger partial charge on any atom is 0.331 e. The van der Waals surface area contributed by atoms with Gasteiger partial charge in [-0.15, -0.1) is 0 Å². The molecule has 0 radical (unpaired) electrons. The molecule has 0 fully saturated rings. The lowest BCUT2D eigenvalue weighted by molar-refractivity contribution is -0.143. The average molecular weight is 306 g/mol. The molecule has 0 aromatic heterocycles. The van der Waals surface area contributed by atoms with E-state index in [0.717, 1.165) is 5.56 Å². The molecule has 1 aromatic carbocycles. The number of benzene rings is 1. The highest BCUT2D eigenvalue weighted by molar-refractivity contribution is 5.96. The van der Waals surface area contributed by atoms with Crippen molar-refractivity contribution in [2.75, 3.05) is 20.3 Å². The first-order valence-electron chi connectivity index (χ1n) is 6.65. The van der Waals surface area contributed by atoms with Gasteiger partial charge in [-0.3, -0.25) is 10.1 Å². The van der Waals surface area contributed by atoms with Gasteiger partial charge in [0.15, 0.2) is 6.61 Å². The topological polar surface area (TPSA) is 93.7 Å². The van der Waals surface area contributed by atoms with E-state index in [1.807, 2.05) is 24.4 Å². The molecule has 0 saturated heterocycles. The molecule has 0 heterocycles. The van der Waals surface area contributed by atoms with Crippen LogP contribution in [0, 0.1) is 0 Å². The van der Waals surface area contributed by atoms with Gasteiger partial charge in [0.1, 0.15) is 5.75 Å². The van der Waals surface area contributed by atoms with E-state index in [9.17, 15) is 14.4 Å². The Hall–Kier alpha value is -2.83. The molecule has 3 amide bonds. The van der Waals surface area contributed by atoms with E-state index in [0.29, 0.717) is 12.4 Å². The molecule has 1 rings (SSSR count). The summed E-state index contributed by atoms with van der Waals surface area (Å²) < 4.78 is 10.1. The van der Waals surface area contributed by atoms with Gasteiger partial charge in [0.25, 0.3) is 5.91 Å². The number of imide groups is 1. The van der Waals surface area contributed by atoms with Crippen molar-refractivity contribution >= 4 is 24.0 Å². The van der Waals surface area contributed by atoms with Crippen molar-refractivity contribution in [3.05, 3.63) is 35.9 Å². The molecule has 0 bridgehead atoms. The van der Waals surface area contributed by atoms with Crippen LogP contribution in [0.25, 0.3) is 6.08 Å². The lowest BCUT2D eigenvalue weighted by Crippen LogP contribution is -2.39. The van der Waals surface area contributed by atoms with Crippen LogP contribution in [0.1, 0.15) is 12.5 Å². The Morgan fingerprint density at radius 3 is 2.64 bits per heavy atom. The predicted molar refractivity (Wildman–Crippen MR) is 80.2 cm³/mol. The van der Waals surface area contributed by atoms with Gasteiger partial charge in [-0.25, -0.2) is 9.59 Å². The van der Waals surface area contributed by atoms with E-state index in [1.165, 1.54) is 19.2 Å². The first-order chi connectivity index (χ1) is 10.6. The Labute approximate surface area is 128 Å². The standard InChI is InChI=1S/C15H18N2O5/c1-3-21-12-7-5-4-6-11(12)8-9-14(19)22-10-13(18)17-15(20)16-2/h4-9H,3,10H2,1-2H3,(H2,16,17,18,20)/b9-8+. The lowest BCUT2D eigenvalue weighted by atomic mass is 10.2. The van der Waals surface area contributed by atoms with E-state index < -0.39 is 24.5 Å². The molecule has 0 aliphatic carbocycles. The molecule has 7 nitrogen and oxygen atoms in total. The van der Waals surface area contributed by atoms with Crippen molar-refractivity contribution in [1.29, 1.82) is 0 Å². The molecular weight excluding hydrogens is 288 g/mol. The number of amides is 3. The average Bonchev–Trinajstić information content (AvgIpc) is 2.52. The second-order valence-electron chi connectivity index (χ2n) is 4.04. The minimum absolute atomic E-state index is 0.509. The molecule has 2 N–H and O–H groups in total. The van der Waals surface area contributed by atoms with Crippen molar-refractivity contribution in [3.8, 4) is 5.75 Å².